The Labute approximate surface area is 117 Å². The average molecular weight is 262 g/mol. The molecular weight excluding hydrogens is 236 g/mol. The zero-order chi connectivity index (χ0) is 14.1. The van der Waals surface area contributed by atoms with Gasteiger partial charge in [0, 0.05) is 12.0 Å². The molecule has 0 spiro atoms. The van der Waals surface area contributed by atoms with Crippen LogP contribution in [0.5, 0.6) is 5.75 Å². The molecule has 0 aliphatic heterocycles. The fourth-order valence-electron chi connectivity index (χ4n) is 2.10. The summed E-state index contributed by atoms with van der Waals surface area (Å²) in [5, 5.41) is 0. The van der Waals surface area contributed by atoms with Crippen molar-refractivity contribution in [2.24, 2.45) is 5.92 Å². The summed E-state index contributed by atoms with van der Waals surface area (Å²) in [5.74, 6) is 1.56. The number of Topliss-reactive ketones (excluding diaryl/α,β-unsaturated/α-hetero) is 1. The van der Waals surface area contributed by atoms with Gasteiger partial charge in [-0.15, -0.1) is 0 Å². The Morgan fingerprint density at radius 1 is 1.16 bits per heavy atom. The van der Waals surface area contributed by atoms with Gasteiger partial charge in [-0.3, -0.25) is 4.79 Å². The monoisotopic (exact) mass is 262 g/mol. The number of benzene rings is 1. The largest absolute Gasteiger partial charge is 0.494 e. The molecule has 0 N–H and O–H groups in total. The molecule has 0 aliphatic carbocycles. The number of rotatable bonds is 9. The van der Waals surface area contributed by atoms with Crippen molar-refractivity contribution in [3.8, 4) is 5.75 Å². The number of ketones is 1. The third-order valence-corrected chi connectivity index (χ3v) is 3.26. The molecule has 0 fully saturated rings. The van der Waals surface area contributed by atoms with Crippen LogP contribution >= 0.6 is 0 Å². The van der Waals surface area contributed by atoms with Gasteiger partial charge in [0.05, 0.1) is 6.61 Å². The van der Waals surface area contributed by atoms with E-state index in [-0.39, 0.29) is 5.78 Å². The highest BCUT2D eigenvalue weighted by atomic mass is 16.5. The lowest BCUT2D eigenvalue weighted by atomic mass is 9.96. The Morgan fingerprint density at radius 3 is 2.42 bits per heavy atom. The van der Waals surface area contributed by atoms with Gasteiger partial charge in [-0.05, 0) is 36.6 Å². The zero-order valence-corrected chi connectivity index (χ0v) is 12.4. The quantitative estimate of drug-likeness (QED) is 0.468. The predicted molar refractivity (Wildman–Crippen MR) is 79.9 cm³/mol. The molecule has 1 aromatic rings. The van der Waals surface area contributed by atoms with Crippen LogP contribution in [0.1, 0.15) is 63.2 Å². The van der Waals surface area contributed by atoms with E-state index in [1.165, 1.54) is 0 Å². The standard InChI is InChI=1S/C17H26O2/c1-4-6-12-19-16-10-8-15(9-11-16)17(18)13-14(3)7-5-2/h8-11,14H,4-7,12-13H2,1-3H3. The van der Waals surface area contributed by atoms with E-state index in [0.717, 1.165) is 43.6 Å². The highest BCUT2D eigenvalue weighted by Gasteiger charge is 2.10. The first-order valence-electron chi connectivity index (χ1n) is 7.43. The van der Waals surface area contributed by atoms with Gasteiger partial charge in [-0.2, -0.15) is 0 Å². The van der Waals surface area contributed by atoms with E-state index < -0.39 is 0 Å². The summed E-state index contributed by atoms with van der Waals surface area (Å²) in [5.41, 5.74) is 0.797. The van der Waals surface area contributed by atoms with Crippen LogP contribution in [0.15, 0.2) is 24.3 Å². The van der Waals surface area contributed by atoms with Crippen LogP contribution in [-0.2, 0) is 0 Å². The van der Waals surface area contributed by atoms with Crippen LogP contribution in [-0.4, -0.2) is 12.4 Å². The number of unbranched alkanes of at least 4 members (excludes halogenated alkanes) is 1. The van der Waals surface area contributed by atoms with Crippen molar-refractivity contribution in [3.05, 3.63) is 29.8 Å². The van der Waals surface area contributed by atoms with Gasteiger partial charge in [-0.25, -0.2) is 0 Å². The van der Waals surface area contributed by atoms with E-state index in [9.17, 15) is 4.79 Å². The highest BCUT2D eigenvalue weighted by molar-refractivity contribution is 5.96. The van der Waals surface area contributed by atoms with Crippen LogP contribution in [0.4, 0.5) is 0 Å². The Hall–Kier alpha value is -1.31. The highest BCUT2D eigenvalue weighted by Crippen LogP contribution is 2.17. The van der Waals surface area contributed by atoms with Crippen LogP contribution in [0.3, 0.4) is 0 Å². The van der Waals surface area contributed by atoms with E-state index in [2.05, 4.69) is 20.8 Å². The number of carbonyl (C=O) groups is 1. The van der Waals surface area contributed by atoms with Gasteiger partial charge < -0.3 is 4.74 Å². The molecule has 1 rings (SSSR count). The Morgan fingerprint density at radius 2 is 1.84 bits per heavy atom. The zero-order valence-electron chi connectivity index (χ0n) is 12.4. The van der Waals surface area contributed by atoms with Gasteiger partial charge in [0.25, 0.3) is 0 Å². The minimum Gasteiger partial charge on any atom is -0.494 e. The first-order chi connectivity index (χ1) is 9.17. The molecule has 0 heterocycles. The predicted octanol–water partition coefficient (Wildman–Crippen LogP) is 4.87. The van der Waals surface area contributed by atoms with Gasteiger partial charge >= 0.3 is 0 Å². The Balaban J connectivity index is 2.48. The maximum Gasteiger partial charge on any atom is 0.163 e. The molecule has 0 aromatic heterocycles. The van der Waals surface area contributed by atoms with Gasteiger partial charge in [0.15, 0.2) is 5.78 Å². The molecule has 1 aromatic carbocycles. The third-order valence-electron chi connectivity index (χ3n) is 3.26. The second-order valence-corrected chi connectivity index (χ2v) is 5.25. The second-order valence-electron chi connectivity index (χ2n) is 5.25. The minimum absolute atomic E-state index is 0.237. The first-order valence-corrected chi connectivity index (χ1v) is 7.43. The Bertz CT molecular complexity index is 367. The smallest absolute Gasteiger partial charge is 0.163 e. The van der Waals surface area contributed by atoms with Gasteiger partial charge in [-0.1, -0.05) is 40.0 Å². The lowest BCUT2D eigenvalue weighted by molar-refractivity contribution is 0.0962. The van der Waals surface area contributed by atoms with Crippen molar-refractivity contribution >= 4 is 5.78 Å². The maximum absolute atomic E-state index is 12.1. The first kappa shape index (κ1) is 15.7. The normalized spacial score (nSPS) is 12.2. The molecule has 0 aliphatic rings. The van der Waals surface area contributed by atoms with Gasteiger partial charge in [0.1, 0.15) is 5.75 Å². The number of ether oxygens (including phenoxy) is 1. The van der Waals surface area contributed by atoms with Crippen LogP contribution in [0, 0.1) is 5.92 Å². The Kier molecular flexibility index (Phi) is 7.24. The van der Waals surface area contributed by atoms with Crippen LogP contribution < -0.4 is 4.74 Å². The van der Waals surface area contributed by atoms with Crippen molar-refractivity contribution in [1.82, 2.24) is 0 Å². The summed E-state index contributed by atoms with van der Waals surface area (Å²) in [6.07, 6.45) is 5.09. The lowest BCUT2D eigenvalue weighted by Crippen LogP contribution is -2.06. The van der Waals surface area contributed by atoms with Crippen molar-refractivity contribution in [2.75, 3.05) is 6.61 Å². The SMILES string of the molecule is CCCCOc1ccc(C(=O)CC(C)CCC)cc1. The molecule has 1 unspecified atom stereocenters. The van der Waals surface area contributed by atoms with E-state index in [1.807, 2.05) is 24.3 Å². The molecule has 0 radical (unpaired) electrons. The molecule has 2 nitrogen and oxygen atoms in total. The molecule has 0 saturated carbocycles. The van der Waals surface area contributed by atoms with E-state index in [4.69, 9.17) is 4.74 Å². The second kappa shape index (κ2) is 8.73. The van der Waals surface area contributed by atoms with Crippen molar-refractivity contribution in [3.63, 3.8) is 0 Å². The summed E-state index contributed by atoms with van der Waals surface area (Å²) < 4.78 is 5.59. The maximum atomic E-state index is 12.1. The van der Waals surface area contributed by atoms with E-state index in [1.54, 1.807) is 0 Å². The summed E-state index contributed by atoms with van der Waals surface area (Å²) in [4.78, 5) is 12.1. The molecule has 2 heteroatoms. The lowest BCUT2D eigenvalue weighted by Gasteiger charge is -2.09. The van der Waals surface area contributed by atoms with E-state index >= 15 is 0 Å². The van der Waals surface area contributed by atoms with Crippen LogP contribution in [0.25, 0.3) is 0 Å². The summed E-state index contributed by atoms with van der Waals surface area (Å²) in [6.45, 7) is 7.19. The molecule has 106 valence electrons. The van der Waals surface area contributed by atoms with Gasteiger partial charge in [0.2, 0.25) is 0 Å². The molecule has 0 amide bonds. The van der Waals surface area contributed by atoms with Crippen molar-refractivity contribution < 1.29 is 9.53 Å². The molecule has 0 bridgehead atoms. The minimum atomic E-state index is 0.237. The summed E-state index contributed by atoms with van der Waals surface area (Å²) in [6, 6.07) is 7.55. The third kappa shape index (κ3) is 5.91. The summed E-state index contributed by atoms with van der Waals surface area (Å²) in [7, 11) is 0. The molecular formula is C17H26O2. The topological polar surface area (TPSA) is 26.3 Å². The number of carbonyl (C=O) groups excluding carboxylic acids is 1. The average Bonchev–Trinajstić information content (AvgIpc) is 2.40. The molecule has 1 atom stereocenters. The van der Waals surface area contributed by atoms with E-state index in [0.29, 0.717) is 12.3 Å². The fourth-order valence-corrected chi connectivity index (χ4v) is 2.10. The molecule has 19 heavy (non-hydrogen) atoms. The molecule has 0 saturated heterocycles. The number of hydrogen-bond donors (Lipinski definition) is 0. The number of hydrogen-bond acceptors (Lipinski definition) is 2. The van der Waals surface area contributed by atoms with Crippen molar-refractivity contribution in [2.45, 2.75) is 52.9 Å². The van der Waals surface area contributed by atoms with Crippen LogP contribution in [0.2, 0.25) is 0 Å². The van der Waals surface area contributed by atoms with Crippen molar-refractivity contribution in [1.29, 1.82) is 0 Å². The summed E-state index contributed by atoms with van der Waals surface area (Å²) >= 11 is 0. The fraction of sp³-hybridized carbons (Fsp3) is 0.588.